The highest BCUT2D eigenvalue weighted by Crippen LogP contribution is 2.12. The molecule has 0 unspecified atom stereocenters. The summed E-state index contributed by atoms with van der Waals surface area (Å²) in [6.07, 6.45) is 6.19. The summed E-state index contributed by atoms with van der Waals surface area (Å²) in [6.45, 7) is 4.74. The van der Waals surface area contributed by atoms with E-state index in [4.69, 9.17) is 9.26 Å². The van der Waals surface area contributed by atoms with Gasteiger partial charge >= 0.3 is 0 Å². The van der Waals surface area contributed by atoms with Gasteiger partial charge in [-0.2, -0.15) is 4.98 Å². The van der Waals surface area contributed by atoms with E-state index in [2.05, 4.69) is 30.3 Å². The topological polar surface area (TPSA) is 89.2 Å². The number of anilines is 1. The minimum absolute atomic E-state index is 0.280. The monoisotopic (exact) mass is 318 g/mol. The van der Waals surface area contributed by atoms with Gasteiger partial charge in [0, 0.05) is 37.7 Å². The molecule has 3 heterocycles. The molecule has 1 aliphatic rings. The Morgan fingerprint density at radius 3 is 2.78 bits per heavy atom. The fourth-order valence-electron chi connectivity index (χ4n) is 2.54. The molecule has 23 heavy (non-hydrogen) atoms. The van der Waals surface area contributed by atoms with E-state index in [1.165, 1.54) is 0 Å². The van der Waals surface area contributed by atoms with E-state index >= 15 is 0 Å². The zero-order valence-electron chi connectivity index (χ0n) is 13.5. The van der Waals surface area contributed by atoms with Crippen molar-refractivity contribution in [1.82, 2.24) is 25.0 Å². The maximum Gasteiger partial charge on any atom is 0.240 e. The molecule has 0 saturated carbocycles. The largest absolute Gasteiger partial charge is 0.376 e. The number of nitrogens with one attached hydrogen (secondary N) is 1. The van der Waals surface area contributed by atoms with E-state index in [9.17, 15) is 0 Å². The van der Waals surface area contributed by atoms with Crippen molar-refractivity contribution in [2.75, 3.05) is 25.5 Å². The lowest BCUT2D eigenvalue weighted by Gasteiger charge is -2.14. The SMILES string of the molecule is Cc1noc(CN(C)Cc2cnc(NC[C@H]3CCCO3)nc2)n1. The molecule has 1 fully saturated rings. The molecule has 124 valence electrons. The van der Waals surface area contributed by atoms with Gasteiger partial charge in [-0.1, -0.05) is 5.16 Å². The molecule has 0 amide bonds. The van der Waals surface area contributed by atoms with Gasteiger partial charge in [-0.15, -0.1) is 0 Å². The van der Waals surface area contributed by atoms with Crippen LogP contribution in [0.4, 0.5) is 5.95 Å². The maximum absolute atomic E-state index is 5.56. The molecule has 1 atom stereocenters. The molecule has 0 aliphatic carbocycles. The van der Waals surface area contributed by atoms with Crippen LogP contribution < -0.4 is 5.32 Å². The van der Waals surface area contributed by atoms with Crippen LogP contribution >= 0.6 is 0 Å². The molecule has 1 N–H and O–H groups in total. The van der Waals surface area contributed by atoms with Crippen molar-refractivity contribution in [3.05, 3.63) is 29.7 Å². The van der Waals surface area contributed by atoms with Crippen molar-refractivity contribution in [1.29, 1.82) is 0 Å². The van der Waals surface area contributed by atoms with Crippen LogP contribution in [0, 0.1) is 6.92 Å². The average Bonchev–Trinajstić information content (AvgIpc) is 3.18. The molecule has 2 aromatic rings. The highest BCUT2D eigenvalue weighted by atomic mass is 16.5. The van der Waals surface area contributed by atoms with E-state index in [0.29, 0.717) is 30.8 Å². The van der Waals surface area contributed by atoms with Gasteiger partial charge in [0.25, 0.3) is 0 Å². The highest BCUT2D eigenvalue weighted by Gasteiger charge is 2.15. The summed E-state index contributed by atoms with van der Waals surface area (Å²) >= 11 is 0. The molecule has 1 saturated heterocycles. The molecule has 0 radical (unpaired) electrons. The Morgan fingerprint density at radius 2 is 2.13 bits per heavy atom. The third-order valence-corrected chi connectivity index (χ3v) is 3.64. The summed E-state index contributed by atoms with van der Waals surface area (Å²) < 4.78 is 10.7. The maximum atomic E-state index is 5.56. The summed E-state index contributed by atoms with van der Waals surface area (Å²) in [4.78, 5) is 15.0. The lowest BCUT2D eigenvalue weighted by atomic mass is 10.2. The number of aryl methyl sites for hydroxylation is 1. The number of rotatable bonds is 7. The van der Waals surface area contributed by atoms with Crippen LogP contribution in [0.1, 0.15) is 30.1 Å². The molecule has 8 nitrogen and oxygen atoms in total. The summed E-state index contributed by atoms with van der Waals surface area (Å²) in [5, 5.41) is 7.00. The van der Waals surface area contributed by atoms with Crippen LogP contribution in [0.25, 0.3) is 0 Å². The predicted octanol–water partition coefficient (Wildman–Crippen LogP) is 1.39. The Hall–Kier alpha value is -2.06. The van der Waals surface area contributed by atoms with Crippen molar-refractivity contribution in [3.63, 3.8) is 0 Å². The third-order valence-electron chi connectivity index (χ3n) is 3.64. The lowest BCUT2D eigenvalue weighted by Crippen LogP contribution is -2.20. The van der Waals surface area contributed by atoms with E-state index in [1.54, 1.807) is 0 Å². The van der Waals surface area contributed by atoms with E-state index in [1.807, 2.05) is 26.4 Å². The molecule has 0 spiro atoms. The van der Waals surface area contributed by atoms with E-state index in [0.717, 1.165) is 31.6 Å². The first-order chi connectivity index (χ1) is 11.2. The fraction of sp³-hybridized carbons (Fsp3) is 0.600. The van der Waals surface area contributed by atoms with Crippen LogP contribution in [0.15, 0.2) is 16.9 Å². The van der Waals surface area contributed by atoms with Crippen LogP contribution in [0.3, 0.4) is 0 Å². The van der Waals surface area contributed by atoms with Crippen LogP contribution in [0.5, 0.6) is 0 Å². The van der Waals surface area contributed by atoms with Gasteiger partial charge in [0.1, 0.15) is 0 Å². The molecule has 0 bridgehead atoms. The summed E-state index contributed by atoms with van der Waals surface area (Å²) in [5.74, 6) is 1.90. The van der Waals surface area contributed by atoms with Crippen molar-refractivity contribution in [2.45, 2.75) is 39.0 Å². The number of nitrogens with zero attached hydrogens (tertiary/aromatic N) is 5. The van der Waals surface area contributed by atoms with Crippen LogP contribution in [-0.4, -0.2) is 51.3 Å². The first-order valence-corrected chi connectivity index (χ1v) is 7.83. The molecule has 2 aromatic heterocycles. The Morgan fingerprint density at radius 1 is 1.30 bits per heavy atom. The second-order valence-corrected chi connectivity index (χ2v) is 5.84. The number of hydrogen-bond donors (Lipinski definition) is 1. The normalized spacial score (nSPS) is 17.8. The molecule has 8 heteroatoms. The quantitative estimate of drug-likeness (QED) is 0.819. The van der Waals surface area contributed by atoms with Crippen molar-refractivity contribution >= 4 is 5.95 Å². The number of hydrogen-bond acceptors (Lipinski definition) is 8. The van der Waals surface area contributed by atoms with Crippen LogP contribution in [0.2, 0.25) is 0 Å². The standard InChI is InChI=1S/C15H22N6O2/c1-11-19-14(23-20-11)10-21(2)9-12-6-16-15(17-7-12)18-8-13-4-3-5-22-13/h6-7,13H,3-5,8-10H2,1-2H3,(H,16,17,18)/t13-/m1/s1. The second kappa shape index (κ2) is 7.47. The minimum Gasteiger partial charge on any atom is -0.376 e. The molecule has 3 rings (SSSR count). The van der Waals surface area contributed by atoms with Gasteiger partial charge in [0.2, 0.25) is 11.8 Å². The Labute approximate surface area is 135 Å². The van der Waals surface area contributed by atoms with E-state index in [-0.39, 0.29) is 6.10 Å². The minimum atomic E-state index is 0.280. The first kappa shape index (κ1) is 15.8. The summed E-state index contributed by atoms with van der Waals surface area (Å²) in [7, 11) is 1.99. The highest BCUT2D eigenvalue weighted by molar-refractivity contribution is 5.24. The zero-order chi connectivity index (χ0) is 16.1. The van der Waals surface area contributed by atoms with E-state index < -0.39 is 0 Å². The number of aromatic nitrogens is 4. The van der Waals surface area contributed by atoms with Gasteiger partial charge in [-0.25, -0.2) is 9.97 Å². The van der Waals surface area contributed by atoms with Gasteiger partial charge in [0.05, 0.1) is 12.6 Å². The van der Waals surface area contributed by atoms with Gasteiger partial charge in [-0.3, -0.25) is 4.90 Å². The lowest BCUT2D eigenvalue weighted by molar-refractivity contribution is 0.120. The smallest absolute Gasteiger partial charge is 0.240 e. The van der Waals surface area contributed by atoms with Crippen molar-refractivity contribution < 1.29 is 9.26 Å². The van der Waals surface area contributed by atoms with Gasteiger partial charge in [0.15, 0.2) is 5.82 Å². The zero-order valence-corrected chi connectivity index (χ0v) is 13.5. The predicted molar refractivity (Wildman–Crippen MR) is 83.7 cm³/mol. The van der Waals surface area contributed by atoms with Gasteiger partial charge < -0.3 is 14.6 Å². The summed E-state index contributed by atoms with van der Waals surface area (Å²) in [6, 6.07) is 0. The Balaban J connectivity index is 1.46. The Kier molecular flexibility index (Phi) is 5.14. The Bertz CT molecular complexity index is 609. The fourth-order valence-corrected chi connectivity index (χ4v) is 2.54. The van der Waals surface area contributed by atoms with Crippen molar-refractivity contribution in [2.24, 2.45) is 0 Å². The number of ether oxygens (including phenoxy) is 1. The summed E-state index contributed by atoms with van der Waals surface area (Å²) in [5.41, 5.74) is 1.03. The van der Waals surface area contributed by atoms with Crippen molar-refractivity contribution in [3.8, 4) is 0 Å². The first-order valence-electron chi connectivity index (χ1n) is 7.83. The third kappa shape index (κ3) is 4.70. The second-order valence-electron chi connectivity index (χ2n) is 5.84. The molecule has 1 aliphatic heterocycles. The molecular formula is C15H22N6O2. The van der Waals surface area contributed by atoms with Crippen LogP contribution in [-0.2, 0) is 17.8 Å². The molecule has 0 aromatic carbocycles. The average molecular weight is 318 g/mol. The molecular weight excluding hydrogens is 296 g/mol. The van der Waals surface area contributed by atoms with Gasteiger partial charge in [-0.05, 0) is 26.8 Å².